The van der Waals surface area contributed by atoms with Gasteiger partial charge in [-0.1, -0.05) is 182 Å². The Morgan fingerprint density at radius 3 is 0.727 bits per heavy atom. The van der Waals surface area contributed by atoms with E-state index < -0.39 is 0 Å². The normalized spacial score (nSPS) is 11.9. The molecule has 0 radical (unpaired) electrons. The van der Waals surface area contributed by atoms with Crippen LogP contribution in [0.15, 0.2) is 270 Å². The smallest absolute Gasteiger partial charge is 0.0781 e. The molecular weight excluding hydrogens is 805 g/mol. The third-order valence-corrected chi connectivity index (χ3v) is 11.1. The van der Waals surface area contributed by atoms with Crippen LogP contribution < -0.4 is 0 Å². The Morgan fingerprint density at radius 1 is 0.242 bits per heavy atom. The maximum atomic E-state index is 5.47. The molecule has 0 atom stereocenters. The lowest BCUT2D eigenvalue weighted by Crippen LogP contribution is -2.04. The van der Waals surface area contributed by atoms with Crippen LogP contribution in [0, 0.1) is 0 Å². The Morgan fingerprint density at radius 2 is 0.485 bits per heavy atom. The van der Waals surface area contributed by atoms with Crippen molar-refractivity contribution in [3.63, 3.8) is 0 Å². The molecule has 0 amide bonds. The molecular formula is C60H42N6. The molecule has 0 spiro atoms. The van der Waals surface area contributed by atoms with Gasteiger partial charge >= 0.3 is 0 Å². The molecule has 0 aliphatic carbocycles. The van der Waals surface area contributed by atoms with E-state index in [4.69, 9.17) is 15.0 Å². The van der Waals surface area contributed by atoms with Crippen molar-refractivity contribution < 1.29 is 0 Å². The topological polar surface area (TPSA) is 75.8 Å². The molecule has 0 fully saturated rings. The van der Waals surface area contributed by atoms with Crippen LogP contribution >= 0.6 is 0 Å². The largest absolute Gasteiger partial charge is 0.256 e. The first-order valence-electron chi connectivity index (χ1n) is 21.8. The van der Waals surface area contributed by atoms with Crippen molar-refractivity contribution in [1.82, 2.24) is 15.0 Å². The Balaban J connectivity index is 1.15. The summed E-state index contributed by atoms with van der Waals surface area (Å²) in [5.74, 6) is 0. The van der Waals surface area contributed by atoms with Gasteiger partial charge in [0.05, 0.1) is 51.3 Å². The van der Waals surface area contributed by atoms with Crippen LogP contribution in [0.2, 0.25) is 0 Å². The van der Waals surface area contributed by atoms with Crippen molar-refractivity contribution in [3.8, 4) is 33.8 Å². The number of nitrogens with zero attached hydrogens (tertiary/aromatic N) is 6. The van der Waals surface area contributed by atoms with Gasteiger partial charge in [-0.25, -0.2) is 15.0 Å². The number of hydrogen-bond donors (Lipinski definition) is 0. The molecule has 66 heavy (non-hydrogen) atoms. The first-order valence-corrected chi connectivity index (χ1v) is 21.8. The maximum absolute atomic E-state index is 5.47. The second kappa shape index (κ2) is 19.6. The number of aromatic nitrogens is 3. The molecule has 6 heteroatoms. The minimum Gasteiger partial charge on any atom is -0.256 e. The molecule has 0 unspecified atom stereocenters. The van der Waals surface area contributed by atoms with Crippen LogP contribution in [0.3, 0.4) is 0 Å². The Labute approximate surface area is 384 Å². The molecule has 0 bridgehead atoms. The standard InChI is InChI=1S/C60H42N6/c1-4-16-46(17-5-1)58(49-31-25-43(26-32-49)55-22-10-13-37-61-55)64-52-40-53(65-59(47-18-6-2-7-19-47)50-33-27-44(28-34-50)56-23-11-14-38-62-56)42-54(41-52)66-60(48-20-8-3-9-21-48)51-35-29-45(30-36-51)57-24-12-15-39-63-57/h1-42H. The number of rotatable bonds is 12. The molecule has 10 rings (SSSR count). The highest BCUT2D eigenvalue weighted by atomic mass is 14.8. The zero-order valence-electron chi connectivity index (χ0n) is 35.9. The highest BCUT2D eigenvalue weighted by Gasteiger charge is 2.14. The first-order chi connectivity index (χ1) is 32.7. The minimum absolute atomic E-state index is 0.707. The van der Waals surface area contributed by atoms with Crippen molar-refractivity contribution in [2.24, 2.45) is 15.0 Å². The molecule has 6 nitrogen and oxygen atoms in total. The number of benzene rings is 7. The fourth-order valence-corrected chi connectivity index (χ4v) is 7.83. The lowest BCUT2D eigenvalue weighted by atomic mass is 9.99. The summed E-state index contributed by atoms with van der Waals surface area (Å²) in [7, 11) is 0. The summed E-state index contributed by atoms with van der Waals surface area (Å²) >= 11 is 0. The first kappa shape index (κ1) is 41.0. The molecule has 0 aliphatic heterocycles. The van der Waals surface area contributed by atoms with Crippen molar-refractivity contribution in [1.29, 1.82) is 0 Å². The average Bonchev–Trinajstić information content (AvgIpc) is 3.40. The SMILES string of the molecule is c1ccc(C(=Nc2cc(N=C(c3ccccc3)c3ccc(-c4ccccn4)cc3)cc(N=C(c3ccccc3)c3ccc(-c4ccccn4)cc3)c2)c2ccc(-c3ccccn3)cc2)cc1. The van der Waals surface area contributed by atoms with E-state index in [2.05, 4.69) is 124 Å². The van der Waals surface area contributed by atoms with E-state index in [0.717, 1.165) is 84.3 Å². The van der Waals surface area contributed by atoms with Gasteiger partial charge in [-0.2, -0.15) is 0 Å². The summed E-state index contributed by atoms with van der Waals surface area (Å²) in [6.45, 7) is 0. The summed E-state index contributed by atoms with van der Waals surface area (Å²) in [6.07, 6.45) is 5.45. The van der Waals surface area contributed by atoms with Gasteiger partial charge in [0.25, 0.3) is 0 Å². The van der Waals surface area contributed by atoms with Gasteiger partial charge in [-0.15, -0.1) is 0 Å². The van der Waals surface area contributed by atoms with E-state index in [1.165, 1.54) is 0 Å². The maximum Gasteiger partial charge on any atom is 0.0781 e. The number of aliphatic imine (C=N–C) groups is 3. The number of hydrogen-bond acceptors (Lipinski definition) is 6. The average molecular weight is 847 g/mol. The van der Waals surface area contributed by atoms with Gasteiger partial charge in [-0.3, -0.25) is 15.0 Å². The number of pyridine rings is 3. The van der Waals surface area contributed by atoms with Crippen LogP contribution in [0.5, 0.6) is 0 Å². The predicted octanol–water partition coefficient (Wildman–Crippen LogP) is 14.4. The van der Waals surface area contributed by atoms with Gasteiger partial charge < -0.3 is 0 Å². The molecule has 312 valence electrons. The van der Waals surface area contributed by atoms with E-state index in [1.807, 2.05) is 146 Å². The second-order valence-corrected chi connectivity index (χ2v) is 15.6. The highest BCUT2D eigenvalue weighted by Crippen LogP contribution is 2.33. The summed E-state index contributed by atoms with van der Waals surface area (Å²) in [6, 6.07) is 80.1. The fraction of sp³-hybridized carbons (Fsp3) is 0. The van der Waals surface area contributed by atoms with Gasteiger partial charge in [0, 0.05) is 68.7 Å². The van der Waals surface area contributed by atoms with E-state index >= 15 is 0 Å². The van der Waals surface area contributed by atoms with Gasteiger partial charge in [0.1, 0.15) is 0 Å². The highest BCUT2D eigenvalue weighted by molar-refractivity contribution is 6.16. The van der Waals surface area contributed by atoms with Crippen molar-refractivity contribution >= 4 is 34.2 Å². The third-order valence-electron chi connectivity index (χ3n) is 11.1. The fourth-order valence-electron chi connectivity index (χ4n) is 7.83. The monoisotopic (exact) mass is 846 g/mol. The van der Waals surface area contributed by atoms with Crippen LogP contribution in [0.25, 0.3) is 33.8 Å². The molecule has 10 aromatic rings. The summed E-state index contributed by atoms with van der Waals surface area (Å²) in [5.41, 5.74) is 16.3. The van der Waals surface area contributed by atoms with Gasteiger partial charge in [0.15, 0.2) is 0 Å². The zero-order chi connectivity index (χ0) is 44.3. The van der Waals surface area contributed by atoms with Crippen LogP contribution in [-0.4, -0.2) is 32.1 Å². The quantitative estimate of drug-likeness (QED) is 0.115. The Bertz CT molecular complexity index is 2900. The molecule has 0 saturated heterocycles. The lowest BCUT2D eigenvalue weighted by Gasteiger charge is -2.13. The van der Waals surface area contributed by atoms with Gasteiger partial charge in [0.2, 0.25) is 0 Å². The van der Waals surface area contributed by atoms with E-state index in [0.29, 0.717) is 17.1 Å². The Kier molecular flexibility index (Phi) is 12.2. The summed E-state index contributed by atoms with van der Waals surface area (Å²) in [4.78, 5) is 30.1. The van der Waals surface area contributed by atoms with Crippen molar-refractivity contribution in [2.45, 2.75) is 0 Å². The Hall–Kier alpha value is -9.00. The van der Waals surface area contributed by atoms with Gasteiger partial charge in [-0.05, 0) is 54.6 Å². The molecule has 0 N–H and O–H groups in total. The predicted molar refractivity (Wildman–Crippen MR) is 271 cm³/mol. The second-order valence-electron chi connectivity index (χ2n) is 15.6. The zero-order valence-corrected chi connectivity index (χ0v) is 35.9. The molecule has 3 aromatic heterocycles. The summed E-state index contributed by atoms with van der Waals surface area (Å²) in [5, 5.41) is 0. The molecule has 3 heterocycles. The van der Waals surface area contributed by atoms with Crippen molar-refractivity contribution in [3.05, 3.63) is 289 Å². The summed E-state index contributed by atoms with van der Waals surface area (Å²) < 4.78 is 0. The molecule has 0 saturated carbocycles. The van der Waals surface area contributed by atoms with Crippen LogP contribution in [0.1, 0.15) is 33.4 Å². The third kappa shape index (κ3) is 9.64. The van der Waals surface area contributed by atoms with E-state index in [1.54, 1.807) is 0 Å². The van der Waals surface area contributed by atoms with Crippen molar-refractivity contribution in [2.75, 3.05) is 0 Å². The lowest BCUT2D eigenvalue weighted by molar-refractivity contribution is 1.32. The molecule has 0 aliphatic rings. The van der Waals surface area contributed by atoms with E-state index in [9.17, 15) is 0 Å². The van der Waals surface area contributed by atoms with Crippen LogP contribution in [-0.2, 0) is 0 Å². The van der Waals surface area contributed by atoms with Crippen LogP contribution in [0.4, 0.5) is 17.1 Å². The van der Waals surface area contributed by atoms with E-state index in [-0.39, 0.29) is 0 Å². The minimum atomic E-state index is 0.707. The molecule has 7 aromatic carbocycles.